The molecule has 0 aliphatic carbocycles. The summed E-state index contributed by atoms with van der Waals surface area (Å²) in [6.07, 6.45) is 0.594. The molecule has 90 valence electrons. The molecule has 2 saturated heterocycles. The van der Waals surface area contributed by atoms with Gasteiger partial charge in [0, 0.05) is 24.3 Å². The van der Waals surface area contributed by atoms with E-state index in [1.807, 2.05) is 12.1 Å². The molecule has 0 aromatic heterocycles. The number of nitrogens with two attached hydrogens (primary N) is 1. The standard InChI is InChI=1S/C12H15N3O2/c13-9-2-1-3-10(6-9)15-8-12(17-11(15)16)4-5-14-7-12/h1-3,6,14H,4-5,7-8,13H2. The average Bonchev–Trinajstić information content (AvgIpc) is 2.87. The molecule has 2 aliphatic heterocycles. The van der Waals surface area contributed by atoms with Crippen molar-refractivity contribution in [1.29, 1.82) is 0 Å². The van der Waals surface area contributed by atoms with Crippen LogP contribution in [0.3, 0.4) is 0 Å². The molecule has 1 aromatic rings. The topological polar surface area (TPSA) is 67.6 Å². The van der Waals surface area contributed by atoms with Crippen molar-refractivity contribution < 1.29 is 9.53 Å². The maximum atomic E-state index is 11.9. The number of ether oxygens (including phenoxy) is 1. The van der Waals surface area contributed by atoms with E-state index in [-0.39, 0.29) is 11.7 Å². The Bertz CT molecular complexity index is 455. The van der Waals surface area contributed by atoms with E-state index in [2.05, 4.69) is 5.32 Å². The molecule has 2 fully saturated rings. The van der Waals surface area contributed by atoms with E-state index in [4.69, 9.17) is 10.5 Å². The van der Waals surface area contributed by atoms with Gasteiger partial charge in [0.25, 0.3) is 0 Å². The second-order valence-electron chi connectivity index (χ2n) is 4.66. The molecule has 5 nitrogen and oxygen atoms in total. The summed E-state index contributed by atoms with van der Waals surface area (Å²) in [5.41, 5.74) is 6.84. The van der Waals surface area contributed by atoms with Gasteiger partial charge in [-0.25, -0.2) is 4.79 Å². The smallest absolute Gasteiger partial charge is 0.415 e. The number of anilines is 2. The van der Waals surface area contributed by atoms with E-state index in [0.29, 0.717) is 12.2 Å². The zero-order valence-corrected chi connectivity index (χ0v) is 9.48. The molecule has 1 spiro atoms. The number of hydrogen-bond donors (Lipinski definition) is 2. The molecule has 1 amide bonds. The van der Waals surface area contributed by atoms with Crippen molar-refractivity contribution in [2.45, 2.75) is 12.0 Å². The number of nitrogens with zero attached hydrogens (tertiary/aromatic N) is 1. The van der Waals surface area contributed by atoms with Gasteiger partial charge in [-0.1, -0.05) is 6.07 Å². The van der Waals surface area contributed by atoms with Gasteiger partial charge in [-0.2, -0.15) is 0 Å². The summed E-state index contributed by atoms with van der Waals surface area (Å²) in [7, 11) is 0. The van der Waals surface area contributed by atoms with Crippen molar-refractivity contribution >= 4 is 17.5 Å². The van der Waals surface area contributed by atoms with Crippen LogP contribution in [0.4, 0.5) is 16.2 Å². The fourth-order valence-electron chi connectivity index (χ4n) is 2.46. The number of hydrogen-bond acceptors (Lipinski definition) is 4. The van der Waals surface area contributed by atoms with Gasteiger partial charge in [0.15, 0.2) is 0 Å². The van der Waals surface area contributed by atoms with Crippen molar-refractivity contribution in [3.8, 4) is 0 Å². The summed E-state index contributed by atoms with van der Waals surface area (Å²) in [5, 5.41) is 3.23. The lowest BCUT2D eigenvalue weighted by atomic mass is 10.0. The van der Waals surface area contributed by atoms with Gasteiger partial charge in [0.1, 0.15) is 5.60 Å². The van der Waals surface area contributed by atoms with Gasteiger partial charge >= 0.3 is 6.09 Å². The van der Waals surface area contributed by atoms with Crippen LogP contribution in [0.15, 0.2) is 24.3 Å². The molecule has 5 heteroatoms. The number of amides is 1. The molecule has 3 N–H and O–H groups in total. The van der Waals surface area contributed by atoms with Crippen LogP contribution in [0.5, 0.6) is 0 Å². The van der Waals surface area contributed by atoms with Crippen molar-refractivity contribution in [3.05, 3.63) is 24.3 Å². The largest absolute Gasteiger partial charge is 0.439 e. The van der Waals surface area contributed by atoms with Crippen LogP contribution in [-0.2, 0) is 4.74 Å². The summed E-state index contributed by atoms with van der Waals surface area (Å²) in [6.45, 7) is 2.23. The quantitative estimate of drug-likeness (QED) is 0.709. The van der Waals surface area contributed by atoms with Crippen molar-refractivity contribution in [3.63, 3.8) is 0 Å². The highest BCUT2D eigenvalue weighted by Gasteiger charge is 2.47. The van der Waals surface area contributed by atoms with Gasteiger partial charge in [-0.15, -0.1) is 0 Å². The number of nitrogens with one attached hydrogen (secondary N) is 1. The zero-order chi connectivity index (χ0) is 11.9. The van der Waals surface area contributed by atoms with E-state index in [0.717, 1.165) is 25.2 Å². The van der Waals surface area contributed by atoms with Gasteiger partial charge < -0.3 is 15.8 Å². The Kier molecular flexibility index (Phi) is 2.22. The minimum absolute atomic E-state index is 0.278. The third-order valence-electron chi connectivity index (χ3n) is 3.36. The summed E-state index contributed by atoms with van der Waals surface area (Å²) in [5.74, 6) is 0. The molecular weight excluding hydrogens is 218 g/mol. The SMILES string of the molecule is Nc1cccc(N2CC3(CCNC3)OC2=O)c1. The lowest BCUT2D eigenvalue weighted by Gasteiger charge is -2.19. The second kappa shape index (κ2) is 3.63. The first kappa shape index (κ1) is 10.4. The highest BCUT2D eigenvalue weighted by atomic mass is 16.6. The van der Waals surface area contributed by atoms with Crippen molar-refractivity contribution in [2.75, 3.05) is 30.3 Å². The van der Waals surface area contributed by atoms with E-state index < -0.39 is 0 Å². The normalized spacial score (nSPS) is 27.8. The minimum Gasteiger partial charge on any atom is -0.439 e. The molecular formula is C12H15N3O2. The van der Waals surface area contributed by atoms with Gasteiger partial charge in [-0.3, -0.25) is 4.90 Å². The summed E-state index contributed by atoms with van der Waals surface area (Å²) in [4.78, 5) is 13.5. The molecule has 17 heavy (non-hydrogen) atoms. The number of carbonyl (C=O) groups excluding carboxylic acids is 1. The first-order valence-electron chi connectivity index (χ1n) is 5.75. The van der Waals surface area contributed by atoms with Crippen LogP contribution < -0.4 is 16.0 Å². The molecule has 0 saturated carbocycles. The number of rotatable bonds is 1. The summed E-state index contributed by atoms with van der Waals surface area (Å²) < 4.78 is 5.50. The van der Waals surface area contributed by atoms with Gasteiger partial charge in [0.2, 0.25) is 0 Å². The molecule has 1 unspecified atom stereocenters. The lowest BCUT2D eigenvalue weighted by Crippen LogP contribution is -2.36. The van der Waals surface area contributed by atoms with Crippen LogP contribution in [0.2, 0.25) is 0 Å². The van der Waals surface area contributed by atoms with Crippen LogP contribution in [0.25, 0.3) is 0 Å². The Morgan fingerprint density at radius 3 is 3.06 bits per heavy atom. The monoisotopic (exact) mass is 233 g/mol. The van der Waals surface area contributed by atoms with Gasteiger partial charge in [0.05, 0.1) is 6.54 Å². The van der Waals surface area contributed by atoms with Crippen molar-refractivity contribution in [2.24, 2.45) is 0 Å². The lowest BCUT2D eigenvalue weighted by molar-refractivity contribution is 0.0733. The Morgan fingerprint density at radius 2 is 2.35 bits per heavy atom. The highest BCUT2D eigenvalue weighted by Crippen LogP contribution is 2.32. The predicted molar refractivity (Wildman–Crippen MR) is 64.9 cm³/mol. The van der Waals surface area contributed by atoms with E-state index in [9.17, 15) is 4.79 Å². The Hall–Kier alpha value is -1.75. The molecule has 0 radical (unpaired) electrons. The van der Waals surface area contributed by atoms with E-state index in [1.54, 1.807) is 17.0 Å². The fourth-order valence-corrected chi connectivity index (χ4v) is 2.46. The third kappa shape index (κ3) is 1.72. The zero-order valence-electron chi connectivity index (χ0n) is 9.48. The average molecular weight is 233 g/mol. The molecule has 1 aromatic carbocycles. The maximum Gasteiger partial charge on any atom is 0.415 e. The fraction of sp³-hybridized carbons (Fsp3) is 0.417. The van der Waals surface area contributed by atoms with Crippen molar-refractivity contribution in [1.82, 2.24) is 5.32 Å². The Morgan fingerprint density at radius 1 is 1.47 bits per heavy atom. The molecule has 2 heterocycles. The Labute approximate surface area is 99.5 Å². The van der Waals surface area contributed by atoms with Gasteiger partial charge in [-0.05, 0) is 24.7 Å². The second-order valence-corrected chi connectivity index (χ2v) is 4.66. The predicted octanol–water partition coefficient (Wildman–Crippen LogP) is 0.957. The minimum atomic E-state index is -0.346. The molecule has 1 atom stereocenters. The molecule has 3 rings (SSSR count). The van der Waals surface area contributed by atoms with E-state index in [1.165, 1.54) is 0 Å². The summed E-state index contributed by atoms with van der Waals surface area (Å²) in [6, 6.07) is 7.31. The molecule has 0 bridgehead atoms. The van der Waals surface area contributed by atoms with Crippen LogP contribution >= 0.6 is 0 Å². The number of benzene rings is 1. The number of carbonyl (C=O) groups is 1. The third-order valence-corrected chi connectivity index (χ3v) is 3.36. The maximum absolute atomic E-state index is 11.9. The highest BCUT2D eigenvalue weighted by molar-refractivity contribution is 5.91. The summed E-state index contributed by atoms with van der Waals surface area (Å²) >= 11 is 0. The van der Waals surface area contributed by atoms with Crippen LogP contribution in [0, 0.1) is 0 Å². The molecule has 2 aliphatic rings. The van der Waals surface area contributed by atoms with E-state index >= 15 is 0 Å². The first-order valence-corrected chi connectivity index (χ1v) is 5.75. The van der Waals surface area contributed by atoms with Crippen LogP contribution in [0.1, 0.15) is 6.42 Å². The van der Waals surface area contributed by atoms with Crippen LogP contribution in [-0.4, -0.2) is 31.3 Å². The first-order chi connectivity index (χ1) is 8.19. The number of nitrogen functional groups attached to an aromatic ring is 1. The Balaban J connectivity index is 1.87.